The Morgan fingerprint density at radius 3 is 1.76 bits per heavy atom. The van der Waals surface area contributed by atoms with Crippen LogP contribution in [0.25, 0.3) is 0 Å². The van der Waals surface area contributed by atoms with Crippen molar-refractivity contribution in [3.05, 3.63) is 24.3 Å². The third-order valence-electron chi connectivity index (χ3n) is 6.19. The molecule has 0 saturated heterocycles. The quantitative estimate of drug-likeness (QED) is 0.103. The summed E-state index contributed by atoms with van der Waals surface area (Å²) in [5, 5.41) is 22.4. The Balaban J connectivity index is 3.66. The second kappa shape index (κ2) is 25.5. The molecule has 194 valence electrons. The van der Waals surface area contributed by atoms with Crippen LogP contribution in [0.15, 0.2) is 24.3 Å². The Kier molecular flexibility index (Phi) is 24.6. The minimum atomic E-state index is -0.852. The number of aliphatic hydroxyl groups is 2. The molecule has 0 fully saturated rings. The van der Waals surface area contributed by atoms with Gasteiger partial charge in [-0.15, -0.1) is 0 Å². The number of carbonyl (C=O) groups excluding carboxylic acids is 1. The lowest BCUT2D eigenvalue weighted by Gasteiger charge is -2.19. The lowest BCUT2D eigenvalue weighted by Crippen LogP contribution is -2.45. The highest BCUT2D eigenvalue weighted by atomic mass is 16.3. The Labute approximate surface area is 205 Å². The van der Waals surface area contributed by atoms with Gasteiger partial charge in [-0.25, -0.2) is 0 Å². The van der Waals surface area contributed by atoms with Crippen molar-refractivity contribution in [2.45, 2.75) is 148 Å². The van der Waals surface area contributed by atoms with Gasteiger partial charge in [-0.05, 0) is 32.1 Å². The van der Waals surface area contributed by atoms with Crippen LogP contribution < -0.4 is 5.32 Å². The number of carbonyl (C=O) groups is 1. The minimum absolute atomic E-state index is 0.0945. The second-order valence-corrected chi connectivity index (χ2v) is 9.46. The molecule has 0 aliphatic rings. The summed E-state index contributed by atoms with van der Waals surface area (Å²) >= 11 is 0. The van der Waals surface area contributed by atoms with Crippen molar-refractivity contribution < 1.29 is 15.0 Å². The topological polar surface area (TPSA) is 69.6 Å². The molecule has 0 saturated carbocycles. The maximum atomic E-state index is 11.9. The molecule has 4 heteroatoms. The van der Waals surface area contributed by atoms with Crippen LogP contribution >= 0.6 is 0 Å². The Morgan fingerprint density at radius 1 is 0.697 bits per heavy atom. The van der Waals surface area contributed by atoms with Gasteiger partial charge in [-0.1, -0.05) is 122 Å². The molecule has 0 radical (unpaired) electrons. The minimum Gasteiger partial charge on any atom is -0.394 e. The van der Waals surface area contributed by atoms with Gasteiger partial charge in [0.05, 0.1) is 18.8 Å². The molecule has 2 unspecified atom stereocenters. The van der Waals surface area contributed by atoms with E-state index < -0.39 is 12.1 Å². The number of aliphatic hydroxyl groups excluding tert-OH is 2. The molecule has 0 aliphatic carbocycles. The first-order valence-electron chi connectivity index (χ1n) is 14.1. The summed E-state index contributed by atoms with van der Waals surface area (Å²) in [5.41, 5.74) is 0. The van der Waals surface area contributed by atoms with Crippen LogP contribution in [0.2, 0.25) is 0 Å². The van der Waals surface area contributed by atoms with Gasteiger partial charge in [0.25, 0.3) is 0 Å². The third kappa shape index (κ3) is 22.4. The normalized spacial score (nSPS) is 13.7. The molecule has 0 rings (SSSR count). The van der Waals surface area contributed by atoms with Crippen LogP contribution in [-0.2, 0) is 4.79 Å². The first-order valence-corrected chi connectivity index (χ1v) is 14.1. The number of hydrogen-bond acceptors (Lipinski definition) is 3. The molecule has 0 heterocycles. The molecule has 0 bridgehead atoms. The number of rotatable bonds is 24. The first kappa shape index (κ1) is 31.9. The van der Waals surface area contributed by atoms with Crippen molar-refractivity contribution in [1.82, 2.24) is 5.32 Å². The highest BCUT2D eigenvalue weighted by Gasteiger charge is 2.17. The average molecular weight is 466 g/mol. The summed E-state index contributed by atoms with van der Waals surface area (Å²) in [6, 6.07) is -0.628. The van der Waals surface area contributed by atoms with Crippen LogP contribution in [0, 0.1) is 0 Å². The zero-order chi connectivity index (χ0) is 24.4. The van der Waals surface area contributed by atoms with E-state index in [1.54, 1.807) is 6.08 Å². The van der Waals surface area contributed by atoms with Crippen LogP contribution in [0.1, 0.15) is 136 Å². The van der Waals surface area contributed by atoms with Crippen LogP contribution in [-0.4, -0.2) is 34.9 Å². The highest BCUT2D eigenvalue weighted by Crippen LogP contribution is 2.12. The number of nitrogens with one attached hydrogen (secondary N) is 1. The fraction of sp³-hybridized carbons (Fsp3) is 0.828. The van der Waals surface area contributed by atoms with E-state index in [2.05, 4.69) is 31.3 Å². The predicted octanol–water partition coefficient (Wildman–Crippen LogP) is 7.39. The molecule has 3 N–H and O–H groups in total. The van der Waals surface area contributed by atoms with E-state index >= 15 is 0 Å². The van der Waals surface area contributed by atoms with Gasteiger partial charge in [-0.2, -0.15) is 0 Å². The van der Waals surface area contributed by atoms with Gasteiger partial charge < -0.3 is 15.5 Å². The monoisotopic (exact) mass is 465 g/mol. The zero-order valence-electron chi connectivity index (χ0n) is 21.9. The van der Waals surface area contributed by atoms with Crippen molar-refractivity contribution in [2.75, 3.05) is 6.61 Å². The van der Waals surface area contributed by atoms with Gasteiger partial charge in [0.15, 0.2) is 0 Å². The largest absolute Gasteiger partial charge is 0.394 e. The summed E-state index contributed by atoms with van der Waals surface area (Å²) in [6.07, 6.45) is 30.0. The number of hydrogen-bond donors (Lipinski definition) is 3. The van der Waals surface area contributed by atoms with Crippen molar-refractivity contribution in [2.24, 2.45) is 0 Å². The SMILES string of the molecule is CCCCCCCCCCCCC/C=C/CC/C=C/C(O)C(CO)NC(=O)CCCCCC. The van der Waals surface area contributed by atoms with Crippen LogP contribution in [0.5, 0.6) is 0 Å². The molecule has 0 aromatic heterocycles. The number of unbranched alkanes of at least 4 members (excludes halogenated alkanes) is 15. The van der Waals surface area contributed by atoms with Gasteiger partial charge >= 0.3 is 0 Å². The number of amides is 1. The Bertz CT molecular complexity index is 475. The van der Waals surface area contributed by atoms with Crippen molar-refractivity contribution >= 4 is 5.91 Å². The molecule has 0 aromatic rings. The van der Waals surface area contributed by atoms with E-state index in [9.17, 15) is 15.0 Å². The van der Waals surface area contributed by atoms with Crippen molar-refractivity contribution in [3.63, 3.8) is 0 Å². The third-order valence-corrected chi connectivity index (χ3v) is 6.19. The Hall–Kier alpha value is -1.13. The second-order valence-electron chi connectivity index (χ2n) is 9.46. The van der Waals surface area contributed by atoms with Gasteiger partial charge in [0.2, 0.25) is 5.91 Å². The van der Waals surface area contributed by atoms with Gasteiger partial charge in [0, 0.05) is 6.42 Å². The standard InChI is InChI=1S/C29H55NO3/c1-3-5-7-9-10-11-12-13-14-15-16-17-18-19-20-21-22-24-28(32)27(26-31)30-29(33)25-23-8-6-4-2/h18-19,22,24,27-28,31-32H,3-17,20-21,23,25-26H2,1-2H3,(H,30,33)/b19-18+,24-22+. The smallest absolute Gasteiger partial charge is 0.220 e. The van der Waals surface area contributed by atoms with Crippen molar-refractivity contribution in [3.8, 4) is 0 Å². The van der Waals surface area contributed by atoms with E-state index in [0.29, 0.717) is 6.42 Å². The van der Waals surface area contributed by atoms with E-state index in [0.717, 1.165) is 44.9 Å². The lowest BCUT2D eigenvalue weighted by molar-refractivity contribution is -0.123. The fourth-order valence-electron chi connectivity index (χ4n) is 3.95. The molecular weight excluding hydrogens is 410 g/mol. The molecule has 0 aromatic carbocycles. The summed E-state index contributed by atoms with van der Waals surface area (Å²) in [4.78, 5) is 11.9. The molecule has 1 amide bonds. The van der Waals surface area contributed by atoms with Gasteiger partial charge in [-0.3, -0.25) is 4.79 Å². The van der Waals surface area contributed by atoms with E-state index in [4.69, 9.17) is 0 Å². The zero-order valence-corrected chi connectivity index (χ0v) is 21.9. The summed E-state index contributed by atoms with van der Waals surface area (Å²) < 4.78 is 0. The first-order chi connectivity index (χ1) is 16.2. The lowest BCUT2D eigenvalue weighted by atomic mass is 10.1. The predicted molar refractivity (Wildman–Crippen MR) is 142 cm³/mol. The van der Waals surface area contributed by atoms with E-state index in [1.165, 1.54) is 70.6 Å². The molecule has 4 nitrogen and oxygen atoms in total. The summed E-state index contributed by atoms with van der Waals surface area (Å²) in [7, 11) is 0. The summed E-state index contributed by atoms with van der Waals surface area (Å²) in [5.74, 6) is -0.0945. The fourth-order valence-corrected chi connectivity index (χ4v) is 3.95. The number of allylic oxidation sites excluding steroid dienone is 3. The summed E-state index contributed by atoms with van der Waals surface area (Å²) in [6.45, 7) is 4.15. The molecule has 0 aliphatic heterocycles. The molecule has 2 atom stereocenters. The van der Waals surface area contributed by atoms with E-state index in [1.807, 2.05) is 6.08 Å². The average Bonchev–Trinajstić information content (AvgIpc) is 2.82. The Morgan fingerprint density at radius 2 is 1.18 bits per heavy atom. The molecular formula is C29H55NO3. The highest BCUT2D eigenvalue weighted by molar-refractivity contribution is 5.76. The van der Waals surface area contributed by atoms with Crippen molar-refractivity contribution in [1.29, 1.82) is 0 Å². The van der Waals surface area contributed by atoms with Gasteiger partial charge in [0.1, 0.15) is 0 Å². The van der Waals surface area contributed by atoms with E-state index in [-0.39, 0.29) is 12.5 Å². The molecule has 0 spiro atoms. The maximum Gasteiger partial charge on any atom is 0.220 e. The van der Waals surface area contributed by atoms with Crippen LogP contribution in [0.3, 0.4) is 0 Å². The maximum absolute atomic E-state index is 11.9. The molecule has 33 heavy (non-hydrogen) atoms. The van der Waals surface area contributed by atoms with Crippen LogP contribution in [0.4, 0.5) is 0 Å².